The Labute approximate surface area is 194 Å². The largest absolute Gasteiger partial charge is 0.326 e. The SMILES string of the molecule is CCC[C@H](NC(=O)Nc1ccccc1)C(=O)Nc1ccc(-c2ccccc2S(C)(=O)=O)cc1. The lowest BCUT2D eigenvalue weighted by molar-refractivity contribution is -0.118. The molecule has 0 aliphatic carbocycles. The molecule has 0 unspecified atom stereocenters. The highest BCUT2D eigenvalue weighted by molar-refractivity contribution is 7.90. The molecule has 0 radical (unpaired) electrons. The van der Waals surface area contributed by atoms with E-state index in [9.17, 15) is 18.0 Å². The van der Waals surface area contributed by atoms with Gasteiger partial charge < -0.3 is 16.0 Å². The van der Waals surface area contributed by atoms with Crippen molar-refractivity contribution in [1.82, 2.24) is 5.32 Å². The molecule has 0 fully saturated rings. The van der Waals surface area contributed by atoms with E-state index in [1.807, 2.05) is 25.1 Å². The molecule has 33 heavy (non-hydrogen) atoms. The summed E-state index contributed by atoms with van der Waals surface area (Å²) in [6.07, 6.45) is 2.37. The number of para-hydroxylation sites is 1. The van der Waals surface area contributed by atoms with Gasteiger partial charge in [0.15, 0.2) is 9.84 Å². The number of carbonyl (C=O) groups excluding carboxylic acids is 2. The average molecular weight is 466 g/mol. The van der Waals surface area contributed by atoms with Gasteiger partial charge >= 0.3 is 6.03 Å². The Morgan fingerprint density at radius 2 is 1.42 bits per heavy atom. The number of anilines is 2. The number of nitrogens with one attached hydrogen (secondary N) is 3. The third kappa shape index (κ3) is 6.66. The van der Waals surface area contributed by atoms with Gasteiger partial charge in [0.1, 0.15) is 6.04 Å². The van der Waals surface area contributed by atoms with Crippen molar-refractivity contribution in [3.05, 3.63) is 78.9 Å². The lowest BCUT2D eigenvalue weighted by atomic mass is 10.1. The van der Waals surface area contributed by atoms with Crippen LogP contribution in [0.25, 0.3) is 11.1 Å². The fourth-order valence-electron chi connectivity index (χ4n) is 3.40. The predicted octanol–water partition coefficient (Wildman–Crippen LogP) is 4.69. The van der Waals surface area contributed by atoms with Gasteiger partial charge in [-0.05, 0) is 42.3 Å². The molecule has 7 nitrogen and oxygen atoms in total. The van der Waals surface area contributed by atoms with Crippen LogP contribution in [0.15, 0.2) is 83.8 Å². The van der Waals surface area contributed by atoms with Crippen molar-refractivity contribution in [1.29, 1.82) is 0 Å². The molecule has 0 saturated heterocycles. The van der Waals surface area contributed by atoms with E-state index >= 15 is 0 Å². The summed E-state index contributed by atoms with van der Waals surface area (Å²) in [5.41, 5.74) is 2.50. The van der Waals surface area contributed by atoms with Crippen molar-refractivity contribution in [3.8, 4) is 11.1 Å². The highest BCUT2D eigenvalue weighted by atomic mass is 32.2. The van der Waals surface area contributed by atoms with Crippen LogP contribution in [0.2, 0.25) is 0 Å². The minimum Gasteiger partial charge on any atom is -0.326 e. The number of benzene rings is 3. The van der Waals surface area contributed by atoms with Crippen molar-refractivity contribution in [3.63, 3.8) is 0 Å². The van der Waals surface area contributed by atoms with E-state index in [4.69, 9.17) is 0 Å². The van der Waals surface area contributed by atoms with E-state index < -0.39 is 21.9 Å². The number of urea groups is 1. The summed E-state index contributed by atoms with van der Waals surface area (Å²) < 4.78 is 24.2. The van der Waals surface area contributed by atoms with Crippen LogP contribution < -0.4 is 16.0 Å². The van der Waals surface area contributed by atoms with Crippen molar-refractivity contribution in [2.24, 2.45) is 0 Å². The summed E-state index contributed by atoms with van der Waals surface area (Å²) in [7, 11) is -3.38. The van der Waals surface area contributed by atoms with Crippen LogP contribution in [-0.2, 0) is 14.6 Å². The number of sulfone groups is 1. The highest BCUT2D eigenvalue weighted by Gasteiger charge is 2.20. The molecule has 3 rings (SSSR count). The van der Waals surface area contributed by atoms with E-state index in [1.54, 1.807) is 60.7 Å². The lowest BCUT2D eigenvalue weighted by Crippen LogP contribution is -2.45. The standard InChI is InChI=1S/C25H27N3O4S/c1-3-9-22(28-25(30)27-19-10-5-4-6-11-19)24(29)26-20-16-14-18(15-17-20)21-12-7-8-13-23(21)33(2,31)32/h4-8,10-17,22H,3,9H2,1-2H3,(H,26,29)(H2,27,28,30)/t22-/m0/s1. The van der Waals surface area contributed by atoms with E-state index in [0.717, 1.165) is 5.56 Å². The first-order chi connectivity index (χ1) is 15.8. The Bertz CT molecular complexity index is 1210. The molecule has 0 aliphatic heterocycles. The fourth-order valence-corrected chi connectivity index (χ4v) is 4.31. The van der Waals surface area contributed by atoms with Crippen LogP contribution in [0.4, 0.5) is 16.2 Å². The Hall–Kier alpha value is -3.65. The molecule has 0 bridgehead atoms. The predicted molar refractivity (Wildman–Crippen MR) is 131 cm³/mol. The summed E-state index contributed by atoms with van der Waals surface area (Å²) in [6, 6.07) is 21.5. The maximum atomic E-state index is 12.8. The second kappa shape index (κ2) is 10.8. The fraction of sp³-hybridized carbons (Fsp3) is 0.200. The first-order valence-electron chi connectivity index (χ1n) is 10.6. The smallest absolute Gasteiger partial charge is 0.319 e. The van der Waals surface area contributed by atoms with Crippen molar-refractivity contribution >= 4 is 33.2 Å². The van der Waals surface area contributed by atoms with E-state index in [2.05, 4.69) is 16.0 Å². The molecule has 172 valence electrons. The molecule has 0 spiro atoms. The van der Waals surface area contributed by atoms with Crippen LogP contribution >= 0.6 is 0 Å². The first-order valence-corrected chi connectivity index (χ1v) is 12.5. The molecular formula is C25H27N3O4S. The van der Waals surface area contributed by atoms with Crippen LogP contribution in [0, 0.1) is 0 Å². The van der Waals surface area contributed by atoms with Gasteiger partial charge in [-0.15, -0.1) is 0 Å². The third-order valence-corrected chi connectivity index (χ3v) is 6.14. The zero-order valence-electron chi connectivity index (χ0n) is 18.5. The second-order valence-corrected chi connectivity index (χ2v) is 9.62. The third-order valence-electron chi connectivity index (χ3n) is 4.98. The normalized spacial score (nSPS) is 11.9. The van der Waals surface area contributed by atoms with Crippen LogP contribution in [0.5, 0.6) is 0 Å². The Morgan fingerprint density at radius 3 is 2.06 bits per heavy atom. The van der Waals surface area contributed by atoms with Gasteiger partial charge in [-0.3, -0.25) is 4.79 Å². The van der Waals surface area contributed by atoms with Gasteiger partial charge in [-0.1, -0.05) is 61.9 Å². The molecule has 3 aromatic rings. The quantitative estimate of drug-likeness (QED) is 0.449. The molecule has 0 saturated carbocycles. The monoisotopic (exact) mass is 465 g/mol. The highest BCUT2D eigenvalue weighted by Crippen LogP contribution is 2.28. The van der Waals surface area contributed by atoms with Crippen LogP contribution in [0.3, 0.4) is 0 Å². The summed E-state index contributed by atoms with van der Waals surface area (Å²) in [4.78, 5) is 25.4. The number of hydrogen-bond donors (Lipinski definition) is 3. The van der Waals surface area contributed by atoms with Crippen LogP contribution in [0.1, 0.15) is 19.8 Å². The number of rotatable bonds is 8. The minimum absolute atomic E-state index is 0.249. The number of hydrogen-bond acceptors (Lipinski definition) is 4. The second-order valence-electron chi connectivity index (χ2n) is 7.64. The van der Waals surface area contributed by atoms with Crippen molar-refractivity contribution in [2.45, 2.75) is 30.7 Å². The van der Waals surface area contributed by atoms with E-state index in [1.165, 1.54) is 6.26 Å². The molecule has 8 heteroatoms. The molecule has 3 N–H and O–H groups in total. The molecular weight excluding hydrogens is 438 g/mol. The van der Waals surface area contributed by atoms with E-state index in [0.29, 0.717) is 29.8 Å². The first kappa shape index (κ1) is 24.0. The Morgan fingerprint density at radius 1 is 0.818 bits per heavy atom. The Kier molecular flexibility index (Phi) is 7.84. The topological polar surface area (TPSA) is 104 Å². The minimum atomic E-state index is -3.38. The summed E-state index contributed by atoms with van der Waals surface area (Å²) in [5.74, 6) is -0.329. The number of carbonyl (C=O) groups is 2. The van der Waals surface area contributed by atoms with Crippen LogP contribution in [-0.4, -0.2) is 32.7 Å². The van der Waals surface area contributed by atoms with Gasteiger partial charge in [0.05, 0.1) is 4.90 Å². The van der Waals surface area contributed by atoms with Gasteiger partial charge in [-0.25, -0.2) is 13.2 Å². The Balaban J connectivity index is 1.69. The molecule has 0 aromatic heterocycles. The maximum absolute atomic E-state index is 12.8. The van der Waals surface area contributed by atoms with Crippen molar-refractivity contribution < 1.29 is 18.0 Å². The van der Waals surface area contributed by atoms with Gasteiger partial charge in [0.25, 0.3) is 0 Å². The van der Waals surface area contributed by atoms with Gasteiger partial charge in [0.2, 0.25) is 5.91 Å². The molecule has 0 aliphatic rings. The number of amides is 3. The lowest BCUT2D eigenvalue weighted by Gasteiger charge is -2.18. The van der Waals surface area contributed by atoms with E-state index in [-0.39, 0.29) is 10.8 Å². The zero-order chi connectivity index (χ0) is 23.8. The molecule has 1 atom stereocenters. The average Bonchev–Trinajstić information content (AvgIpc) is 2.79. The molecule has 3 aromatic carbocycles. The summed E-state index contributed by atoms with van der Waals surface area (Å²) in [6.45, 7) is 1.94. The molecule has 3 amide bonds. The van der Waals surface area contributed by atoms with Crippen molar-refractivity contribution in [2.75, 3.05) is 16.9 Å². The maximum Gasteiger partial charge on any atom is 0.319 e. The molecule has 0 heterocycles. The zero-order valence-corrected chi connectivity index (χ0v) is 19.4. The summed E-state index contributed by atoms with van der Waals surface area (Å²) >= 11 is 0. The summed E-state index contributed by atoms with van der Waals surface area (Å²) in [5, 5.41) is 8.25. The van der Waals surface area contributed by atoms with Gasteiger partial charge in [0, 0.05) is 23.2 Å². The van der Waals surface area contributed by atoms with Gasteiger partial charge in [-0.2, -0.15) is 0 Å².